The van der Waals surface area contributed by atoms with Gasteiger partial charge in [-0.25, -0.2) is 9.67 Å². The van der Waals surface area contributed by atoms with E-state index in [9.17, 15) is 13.2 Å². The second kappa shape index (κ2) is 7.53. The van der Waals surface area contributed by atoms with E-state index in [0.717, 1.165) is 35.3 Å². The highest BCUT2D eigenvalue weighted by molar-refractivity contribution is 7.86. The zero-order valence-corrected chi connectivity index (χ0v) is 20.0. The van der Waals surface area contributed by atoms with Gasteiger partial charge in [-0.15, -0.1) is 0 Å². The molecule has 0 atom stereocenters. The second-order valence-corrected chi connectivity index (χ2v) is 11.9. The fraction of sp³-hybridized carbons (Fsp3) is 0.667. The number of aryl methyl sites for hydroxylation is 1. The van der Waals surface area contributed by atoms with Crippen molar-refractivity contribution in [3.05, 3.63) is 23.0 Å². The Labute approximate surface area is 184 Å². The molecule has 0 bridgehead atoms. The quantitative estimate of drug-likeness (QED) is 0.713. The Balaban J connectivity index is 1.70. The molecule has 9 nitrogen and oxygen atoms in total. The maximum Gasteiger partial charge on any atom is 0.281 e. The molecule has 0 unspecified atom stereocenters. The largest absolute Gasteiger partial charge is 0.336 e. The van der Waals surface area contributed by atoms with Gasteiger partial charge in [0.25, 0.3) is 16.1 Å². The van der Waals surface area contributed by atoms with Crippen LogP contribution in [0.2, 0.25) is 0 Å². The van der Waals surface area contributed by atoms with Crippen LogP contribution in [-0.4, -0.2) is 82.9 Å². The number of hydrogen-bond donors (Lipinski definition) is 0. The first-order chi connectivity index (χ1) is 14.4. The minimum Gasteiger partial charge on any atom is -0.336 e. The molecule has 2 aliphatic rings. The Hall–Kier alpha value is -2.04. The molecule has 31 heavy (non-hydrogen) atoms. The summed E-state index contributed by atoms with van der Waals surface area (Å²) in [5.74, 6) is 0.328. The molecule has 1 aliphatic heterocycles. The van der Waals surface area contributed by atoms with Crippen molar-refractivity contribution in [3.63, 3.8) is 0 Å². The fourth-order valence-electron chi connectivity index (χ4n) is 4.06. The Morgan fingerprint density at radius 2 is 1.74 bits per heavy atom. The lowest BCUT2D eigenvalue weighted by Gasteiger charge is -2.35. The molecular weight excluding hydrogens is 416 g/mol. The van der Waals surface area contributed by atoms with Crippen LogP contribution < -0.4 is 0 Å². The van der Waals surface area contributed by atoms with Crippen LogP contribution in [0.4, 0.5) is 0 Å². The summed E-state index contributed by atoms with van der Waals surface area (Å²) in [6.45, 7) is 9.46. The van der Waals surface area contributed by atoms with Crippen LogP contribution in [0.3, 0.4) is 0 Å². The highest BCUT2D eigenvalue weighted by atomic mass is 32.2. The summed E-state index contributed by atoms with van der Waals surface area (Å²) in [5.41, 5.74) is 2.87. The monoisotopic (exact) mass is 448 g/mol. The number of amides is 1. The van der Waals surface area contributed by atoms with E-state index in [2.05, 4.69) is 20.8 Å². The van der Waals surface area contributed by atoms with Crippen molar-refractivity contribution in [2.24, 2.45) is 0 Å². The molecule has 1 saturated carbocycles. The lowest BCUT2D eigenvalue weighted by Crippen LogP contribution is -2.53. The molecule has 4 rings (SSSR count). The van der Waals surface area contributed by atoms with Crippen LogP contribution in [0.5, 0.6) is 0 Å². The van der Waals surface area contributed by atoms with E-state index in [1.54, 1.807) is 4.90 Å². The van der Waals surface area contributed by atoms with Gasteiger partial charge in [-0.05, 0) is 46.6 Å². The van der Waals surface area contributed by atoms with Crippen LogP contribution in [0.25, 0.3) is 11.0 Å². The van der Waals surface area contributed by atoms with Gasteiger partial charge in [-0.1, -0.05) is 0 Å². The number of carbonyl (C=O) groups is 1. The Morgan fingerprint density at radius 1 is 1.13 bits per heavy atom. The van der Waals surface area contributed by atoms with E-state index in [0.29, 0.717) is 24.6 Å². The summed E-state index contributed by atoms with van der Waals surface area (Å²) in [7, 11) is -0.426. The first-order valence-electron chi connectivity index (χ1n) is 10.8. The lowest BCUT2D eigenvalue weighted by molar-refractivity contribution is 0.0697. The molecular formula is C21H32N6O3S. The van der Waals surface area contributed by atoms with E-state index in [1.165, 1.54) is 22.7 Å². The number of piperazine rings is 1. The molecule has 2 aromatic rings. The topological polar surface area (TPSA) is 91.6 Å². The summed E-state index contributed by atoms with van der Waals surface area (Å²) >= 11 is 0. The first-order valence-corrected chi connectivity index (χ1v) is 12.2. The van der Waals surface area contributed by atoms with Gasteiger partial charge in [0.1, 0.15) is 0 Å². The van der Waals surface area contributed by atoms with Crippen molar-refractivity contribution in [2.45, 2.75) is 52.0 Å². The minimum absolute atomic E-state index is 0.0761. The van der Waals surface area contributed by atoms with Gasteiger partial charge in [-0.2, -0.15) is 22.1 Å². The average Bonchev–Trinajstić information content (AvgIpc) is 3.49. The fourth-order valence-corrected chi connectivity index (χ4v) is 5.14. The molecule has 2 fully saturated rings. The number of pyridine rings is 1. The molecule has 170 valence electrons. The number of rotatable bonds is 4. The summed E-state index contributed by atoms with van der Waals surface area (Å²) in [6.07, 6.45) is 2.19. The van der Waals surface area contributed by atoms with Gasteiger partial charge in [0.15, 0.2) is 5.65 Å². The van der Waals surface area contributed by atoms with Gasteiger partial charge in [-0.3, -0.25) is 4.79 Å². The maximum absolute atomic E-state index is 13.6. The van der Waals surface area contributed by atoms with Crippen molar-refractivity contribution < 1.29 is 13.2 Å². The third-order valence-electron chi connectivity index (χ3n) is 6.01. The van der Waals surface area contributed by atoms with Crippen LogP contribution in [0.1, 0.15) is 61.3 Å². The average molecular weight is 449 g/mol. The van der Waals surface area contributed by atoms with E-state index in [-0.39, 0.29) is 24.5 Å². The number of fused-ring (bicyclic) bond motifs is 1. The SMILES string of the molecule is Cc1nn(C(C)(C)C)c2nc(C3CC3)cc(C(=O)N3CCN(S(=O)(=O)N(C)C)CC3)c12. The predicted molar refractivity (Wildman–Crippen MR) is 119 cm³/mol. The molecule has 0 spiro atoms. The lowest BCUT2D eigenvalue weighted by atomic mass is 10.1. The predicted octanol–water partition coefficient (Wildman–Crippen LogP) is 1.94. The van der Waals surface area contributed by atoms with Crippen LogP contribution in [-0.2, 0) is 15.7 Å². The summed E-state index contributed by atoms with van der Waals surface area (Å²) in [6, 6.07) is 1.94. The van der Waals surface area contributed by atoms with Crippen LogP contribution >= 0.6 is 0 Å². The second-order valence-electron chi connectivity index (χ2n) is 9.72. The van der Waals surface area contributed by atoms with Gasteiger partial charge in [0.2, 0.25) is 0 Å². The number of aromatic nitrogens is 3. The standard InChI is InChI=1S/C21H32N6O3S/c1-14-18-16(20(28)25-9-11-26(12-10-25)31(29,30)24(5)6)13-17(15-7-8-15)22-19(18)27(23-14)21(2,3)4/h13,15H,7-12H2,1-6H3. The minimum atomic E-state index is -3.47. The van der Waals surface area contributed by atoms with Gasteiger partial charge in [0, 0.05) is 51.9 Å². The van der Waals surface area contributed by atoms with Gasteiger partial charge >= 0.3 is 0 Å². The van der Waals surface area contributed by atoms with Crippen LogP contribution in [0.15, 0.2) is 6.07 Å². The highest BCUT2D eigenvalue weighted by Gasteiger charge is 2.34. The third kappa shape index (κ3) is 3.96. The molecule has 1 saturated heterocycles. The van der Waals surface area contributed by atoms with Gasteiger partial charge in [0.05, 0.1) is 22.2 Å². The summed E-state index contributed by atoms with van der Waals surface area (Å²) in [4.78, 5) is 20.3. The smallest absolute Gasteiger partial charge is 0.281 e. The first kappa shape index (κ1) is 22.2. The van der Waals surface area contributed by atoms with Gasteiger partial charge < -0.3 is 4.90 Å². The molecule has 0 radical (unpaired) electrons. The van der Waals surface area contributed by atoms with Crippen molar-refractivity contribution >= 4 is 27.1 Å². The van der Waals surface area contributed by atoms with E-state index in [1.807, 2.05) is 17.7 Å². The number of hydrogen-bond acceptors (Lipinski definition) is 5. The highest BCUT2D eigenvalue weighted by Crippen LogP contribution is 2.41. The molecule has 3 heterocycles. The Kier molecular flexibility index (Phi) is 5.38. The molecule has 2 aromatic heterocycles. The van der Waals surface area contributed by atoms with Crippen molar-refractivity contribution in [1.29, 1.82) is 0 Å². The normalized spacial score (nSPS) is 18.9. The van der Waals surface area contributed by atoms with E-state index in [4.69, 9.17) is 10.1 Å². The molecule has 10 heteroatoms. The molecule has 1 amide bonds. The zero-order valence-electron chi connectivity index (χ0n) is 19.2. The molecule has 0 N–H and O–H groups in total. The Morgan fingerprint density at radius 3 is 2.26 bits per heavy atom. The summed E-state index contributed by atoms with van der Waals surface area (Å²) in [5, 5.41) is 5.52. The van der Waals surface area contributed by atoms with Crippen molar-refractivity contribution in [3.8, 4) is 0 Å². The van der Waals surface area contributed by atoms with E-state index >= 15 is 0 Å². The third-order valence-corrected chi connectivity index (χ3v) is 7.95. The maximum atomic E-state index is 13.6. The van der Waals surface area contributed by atoms with Crippen LogP contribution in [0, 0.1) is 6.92 Å². The van der Waals surface area contributed by atoms with Crippen molar-refractivity contribution in [2.75, 3.05) is 40.3 Å². The zero-order chi connectivity index (χ0) is 22.7. The van der Waals surface area contributed by atoms with E-state index < -0.39 is 10.2 Å². The Bertz CT molecular complexity index is 1120. The summed E-state index contributed by atoms with van der Waals surface area (Å²) < 4.78 is 29.4. The van der Waals surface area contributed by atoms with Crippen molar-refractivity contribution in [1.82, 2.24) is 28.3 Å². The number of carbonyl (C=O) groups excluding carboxylic acids is 1. The molecule has 0 aromatic carbocycles. The molecule has 1 aliphatic carbocycles. The number of nitrogens with zero attached hydrogens (tertiary/aromatic N) is 6.